The van der Waals surface area contributed by atoms with Crippen molar-refractivity contribution in [3.8, 4) is 0 Å². The summed E-state index contributed by atoms with van der Waals surface area (Å²) in [5, 5.41) is 20.8. The average molecular weight is 564 g/mol. The Morgan fingerprint density at radius 1 is 1.00 bits per heavy atom. The second kappa shape index (κ2) is 6.31. The molecule has 22 heavy (non-hydrogen) atoms. The molecule has 118 valence electrons. The fourth-order valence-corrected chi connectivity index (χ4v) is 4.59. The molecule has 0 saturated carbocycles. The number of aliphatic carboxylic acids is 1. The van der Waals surface area contributed by atoms with E-state index in [0.29, 0.717) is 22.8 Å². The van der Waals surface area contributed by atoms with Crippen LogP contribution in [0.4, 0.5) is 0 Å². The number of fused-ring (bicyclic) bond motifs is 1. The van der Waals surface area contributed by atoms with Crippen LogP contribution < -0.4 is 5.11 Å². The number of carboxylic acid groups (broad SMARTS) is 1. The zero-order valence-electron chi connectivity index (χ0n) is 10.7. The van der Waals surface area contributed by atoms with Crippen LogP contribution in [-0.2, 0) is 4.79 Å². The number of rotatable bonds is 3. The van der Waals surface area contributed by atoms with Gasteiger partial charge in [-0.3, -0.25) is 14.5 Å². The van der Waals surface area contributed by atoms with Crippen molar-refractivity contribution in [3.63, 3.8) is 0 Å². The topological polar surface area (TPSA) is 97.7 Å². The van der Waals surface area contributed by atoms with Crippen molar-refractivity contribution in [2.45, 2.75) is 19.1 Å². The first-order chi connectivity index (χ1) is 10.1. The van der Waals surface area contributed by atoms with Gasteiger partial charge in [0.15, 0.2) is 0 Å². The molecule has 1 aromatic rings. The molecule has 0 spiro atoms. The first kappa shape index (κ1) is 18.1. The summed E-state index contributed by atoms with van der Waals surface area (Å²) in [5.41, 5.74) is 0.0256. The largest absolute Gasteiger partial charge is 0.548 e. The Bertz CT molecular complexity index is 671. The number of imide groups is 1. The number of hydrogen-bond acceptors (Lipinski definition) is 5. The van der Waals surface area contributed by atoms with Gasteiger partial charge in [0.2, 0.25) is 0 Å². The third-order valence-electron chi connectivity index (χ3n) is 3.11. The standard InChI is InChI=1S/C12H7Br4NO5/c1-2(18)9(12(21)22)17-10(19)3-4(11(17)20)6(14)8(16)7(15)5(3)13/h2,9,18H,1H3,(H,21,22)/p-1/t2-,9+/m1/s1. The summed E-state index contributed by atoms with van der Waals surface area (Å²) in [5.74, 6) is -3.36. The van der Waals surface area contributed by atoms with E-state index in [-0.39, 0.29) is 11.1 Å². The highest BCUT2D eigenvalue weighted by atomic mass is 79.9. The lowest BCUT2D eigenvalue weighted by Gasteiger charge is -2.29. The Labute approximate surface area is 158 Å². The summed E-state index contributed by atoms with van der Waals surface area (Å²) >= 11 is 12.9. The van der Waals surface area contributed by atoms with Crippen molar-refractivity contribution >= 4 is 81.5 Å². The van der Waals surface area contributed by atoms with Crippen LogP contribution in [0.15, 0.2) is 17.9 Å². The van der Waals surface area contributed by atoms with Crippen LogP contribution in [-0.4, -0.2) is 39.9 Å². The van der Waals surface area contributed by atoms with Crippen molar-refractivity contribution in [2.75, 3.05) is 0 Å². The summed E-state index contributed by atoms with van der Waals surface area (Å²) in [7, 11) is 0. The number of carboxylic acids is 1. The Kier molecular flexibility index (Phi) is 5.18. The molecule has 1 heterocycles. The van der Waals surface area contributed by atoms with E-state index in [0.717, 1.165) is 0 Å². The van der Waals surface area contributed by atoms with E-state index >= 15 is 0 Å². The molecule has 2 rings (SSSR count). The molecular weight excluding hydrogens is 558 g/mol. The maximum Gasteiger partial charge on any atom is 0.263 e. The molecule has 1 aliphatic heterocycles. The molecule has 0 aliphatic carbocycles. The van der Waals surface area contributed by atoms with Crippen LogP contribution in [0.5, 0.6) is 0 Å². The van der Waals surface area contributed by atoms with Crippen molar-refractivity contribution in [3.05, 3.63) is 29.0 Å². The first-order valence-electron chi connectivity index (χ1n) is 5.74. The third kappa shape index (κ3) is 2.58. The Morgan fingerprint density at radius 3 is 1.64 bits per heavy atom. The van der Waals surface area contributed by atoms with Gasteiger partial charge in [-0.2, -0.15) is 0 Å². The van der Waals surface area contributed by atoms with Gasteiger partial charge in [0.1, 0.15) is 6.04 Å². The molecule has 0 bridgehead atoms. The van der Waals surface area contributed by atoms with Gasteiger partial charge in [-0.05, 0) is 70.6 Å². The highest BCUT2D eigenvalue weighted by Gasteiger charge is 2.45. The van der Waals surface area contributed by atoms with Crippen LogP contribution in [0.25, 0.3) is 0 Å². The van der Waals surface area contributed by atoms with Crippen LogP contribution in [0, 0.1) is 0 Å². The summed E-state index contributed by atoms with van der Waals surface area (Å²) in [4.78, 5) is 36.7. The molecule has 2 atom stereocenters. The lowest BCUT2D eigenvalue weighted by Crippen LogP contribution is -2.55. The molecule has 1 aromatic carbocycles. The zero-order valence-corrected chi connectivity index (χ0v) is 17.0. The molecule has 1 N–H and O–H groups in total. The van der Waals surface area contributed by atoms with Gasteiger partial charge in [0.05, 0.1) is 23.2 Å². The molecular formula is C12H6Br4NO5-. The van der Waals surface area contributed by atoms with Crippen molar-refractivity contribution in [1.29, 1.82) is 0 Å². The first-order valence-corrected chi connectivity index (χ1v) is 8.91. The molecule has 0 unspecified atom stereocenters. The molecule has 0 aromatic heterocycles. The SMILES string of the molecule is C[C@@H](O)[C@@H](C(=O)[O-])N1C(=O)c2c(Br)c(Br)c(Br)c(Br)c2C1=O. The summed E-state index contributed by atoms with van der Waals surface area (Å²) in [6.45, 7) is 1.17. The van der Waals surface area contributed by atoms with Crippen molar-refractivity contribution in [1.82, 2.24) is 4.90 Å². The van der Waals surface area contributed by atoms with Gasteiger partial charge in [-0.25, -0.2) is 0 Å². The van der Waals surface area contributed by atoms with Gasteiger partial charge in [-0.15, -0.1) is 0 Å². The molecule has 6 nitrogen and oxygen atoms in total. The van der Waals surface area contributed by atoms with E-state index < -0.39 is 29.9 Å². The highest BCUT2D eigenvalue weighted by molar-refractivity contribution is 9.15. The third-order valence-corrected chi connectivity index (χ3v) is 7.88. The molecule has 2 amide bonds. The van der Waals surface area contributed by atoms with E-state index in [4.69, 9.17) is 0 Å². The van der Waals surface area contributed by atoms with E-state index in [2.05, 4.69) is 63.7 Å². The van der Waals surface area contributed by atoms with Gasteiger partial charge < -0.3 is 15.0 Å². The van der Waals surface area contributed by atoms with Crippen molar-refractivity contribution in [2.24, 2.45) is 0 Å². The quantitative estimate of drug-likeness (QED) is 0.344. The smallest absolute Gasteiger partial charge is 0.263 e. The Balaban J connectivity index is 2.71. The van der Waals surface area contributed by atoms with Gasteiger partial charge >= 0.3 is 0 Å². The van der Waals surface area contributed by atoms with Crippen LogP contribution >= 0.6 is 63.7 Å². The Morgan fingerprint density at radius 2 is 1.36 bits per heavy atom. The number of amides is 2. The van der Waals surface area contributed by atoms with E-state index in [1.165, 1.54) is 6.92 Å². The van der Waals surface area contributed by atoms with Gasteiger partial charge in [0, 0.05) is 17.9 Å². The van der Waals surface area contributed by atoms with Gasteiger partial charge in [-0.1, -0.05) is 0 Å². The summed E-state index contributed by atoms with van der Waals surface area (Å²) in [6.07, 6.45) is -1.48. The maximum atomic E-state index is 12.5. The second-order valence-corrected chi connectivity index (χ2v) is 7.66. The number of halogens is 4. The minimum Gasteiger partial charge on any atom is -0.548 e. The highest BCUT2D eigenvalue weighted by Crippen LogP contribution is 2.45. The molecule has 0 radical (unpaired) electrons. The number of carbonyl (C=O) groups is 3. The monoisotopic (exact) mass is 560 g/mol. The number of benzene rings is 1. The fourth-order valence-electron chi connectivity index (χ4n) is 2.14. The van der Waals surface area contributed by atoms with Crippen LogP contribution in [0.1, 0.15) is 27.6 Å². The van der Waals surface area contributed by atoms with E-state index in [1.54, 1.807) is 0 Å². The average Bonchev–Trinajstić information content (AvgIpc) is 2.67. The molecule has 10 heteroatoms. The number of hydrogen-bond donors (Lipinski definition) is 1. The lowest BCUT2D eigenvalue weighted by atomic mass is 10.1. The van der Waals surface area contributed by atoms with Crippen LogP contribution in [0.3, 0.4) is 0 Å². The maximum absolute atomic E-state index is 12.5. The number of aliphatic hydroxyl groups excluding tert-OH is 1. The molecule has 0 saturated heterocycles. The summed E-state index contributed by atoms with van der Waals surface area (Å²) < 4.78 is 1.59. The minimum atomic E-state index is -1.77. The van der Waals surface area contributed by atoms with E-state index in [9.17, 15) is 24.6 Å². The second-order valence-electron chi connectivity index (χ2n) is 4.49. The van der Waals surface area contributed by atoms with Gasteiger partial charge in [0.25, 0.3) is 11.8 Å². The predicted octanol–water partition coefficient (Wildman–Crippen LogP) is 1.83. The number of carbonyl (C=O) groups excluding carboxylic acids is 3. The molecule has 0 fully saturated rings. The predicted molar refractivity (Wildman–Crippen MR) is 88.2 cm³/mol. The normalized spacial score (nSPS) is 16.7. The fraction of sp³-hybridized carbons (Fsp3) is 0.250. The van der Waals surface area contributed by atoms with Crippen LogP contribution in [0.2, 0.25) is 0 Å². The lowest BCUT2D eigenvalue weighted by molar-refractivity contribution is -0.312. The zero-order chi connectivity index (χ0) is 16.9. The number of nitrogens with zero attached hydrogens (tertiary/aromatic N) is 1. The van der Waals surface area contributed by atoms with E-state index in [1.807, 2.05) is 0 Å². The number of aliphatic hydroxyl groups is 1. The summed E-state index contributed by atoms with van der Waals surface area (Å²) in [6, 6.07) is -1.77. The Hall–Kier alpha value is -0.290. The molecule has 1 aliphatic rings. The minimum absolute atomic E-state index is 0.0128. The van der Waals surface area contributed by atoms with Crippen molar-refractivity contribution < 1.29 is 24.6 Å².